The predicted molar refractivity (Wildman–Crippen MR) is 101 cm³/mol. The van der Waals surface area contributed by atoms with Crippen LogP contribution in [0.15, 0.2) is 30.3 Å². The SMILES string of the molecule is COc1cc(C)c(COC(=O)/C=C/c2cc(Cl)c3c(c2)OCO3)cc1OC. The van der Waals surface area contributed by atoms with E-state index >= 15 is 0 Å². The van der Waals surface area contributed by atoms with Gasteiger partial charge in [0.25, 0.3) is 0 Å². The second-order valence-corrected chi connectivity index (χ2v) is 6.22. The highest BCUT2D eigenvalue weighted by Gasteiger charge is 2.17. The van der Waals surface area contributed by atoms with Gasteiger partial charge < -0.3 is 23.7 Å². The van der Waals surface area contributed by atoms with Gasteiger partial charge in [0.05, 0.1) is 19.2 Å². The number of halogens is 1. The molecule has 0 fully saturated rings. The molecule has 6 nitrogen and oxygen atoms in total. The van der Waals surface area contributed by atoms with Crippen LogP contribution in [0.1, 0.15) is 16.7 Å². The molecule has 0 radical (unpaired) electrons. The van der Waals surface area contributed by atoms with E-state index in [2.05, 4.69) is 0 Å². The van der Waals surface area contributed by atoms with Gasteiger partial charge in [-0.2, -0.15) is 0 Å². The van der Waals surface area contributed by atoms with Crippen molar-refractivity contribution in [3.05, 3.63) is 52.1 Å². The number of ether oxygens (including phenoxy) is 5. The maximum atomic E-state index is 12.0. The number of carbonyl (C=O) groups is 1. The van der Waals surface area contributed by atoms with Crippen LogP contribution in [-0.4, -0.2) is 27.0 Å². The maximum Gasteiger partial charge on any atom is 0.331 e. The summed E-state index contributed by atoms with van der Waals surface area (Å²) in [7, 11) is 3.13. The first-order chi connectivity index (χ1) is 13.0. The number of carbonyl (C=O) groups excluding carboxylic acids is 1. The number of benzene rings is 2. The molecule has 2 aromatic rings. The standard InChI is InChI=1S/C20H19ClO6/c1-12-6-16(23-2)17(24-3)9-14(12)10-25-19(22)5-4-13-7-15(21)20-18(8-13)26-11-27-20/h4-9H,10-11H2,1-3H3/b5-4+. The molecular formula is C20H19ClO6. The zero-order valence-corrected chi connectivity index (χ0v) is 16.0. The average Bonchev–Trinajstić information content (AvgIpc) is 3.14. The van der Waals surface area contributed by atoms with Gasteiger partial charge in [0.1, 0.15) is 6.61 Å². The number of rotatable bonds is 6. The molecule has 1 aliphatic heterocycles. The molecule has 0 bridgehead atoms. The van der Waals surface area contributed by atoms with Crippen LogP contribution in [0.25, 0.3) is 6.08 Å². The largest absolute Gasteiger partial charge is 0.493 e. The minimum Gasteiger partial charge on any atom is -0.493 e. The topological polar surface area (TPSA) is 63.2 Å². The van der Waals surface area contributed by atoms with Crippen molar-refractivity contribution < 1.29 is 28.5 Å². The number of fused-ring (bicyclic) bond motifs is 1. The van der Waals surface area contributed by atoms with Crippen LogP contribution in [0.5, 0.6) is 23.0 Å². The van der Waals surface area contributed by atoms with Crippen molar-refractivity contribution >= 4 is 23.6 Å². The van der Waals surface area contributed by atoms with Gasteiger partial charge in [0.15, 0.2) is 23.0 Å². The minimum atomic E-state index is -0.474. The van der Waals surface area contributed by atoms with E-state index in [9.17, 15) is 4.79 Å². The van der Waals surface area contributed by atoms with Gasteiger partial charge in [-0.25, -0.2) is 4.79 Å². The van der Waals surface area contributed by atoms with Crippen LogP contribution in [0.2, 0.25) is 5.02 Å². The summed E-state index contributed by atoms with van der Waals surface area (Å²) in [6, 6.07) is 7.07. The molecule has 0 atom stereocenters. The van der Waals surface area contributed by atoms with Gasteiger partial charge in [-0.1, -0.05) is 11.6 Å². The summed E-state index contributed by atoms with van der Waals surface area (Å²) >= 11 is 6.12. The fourth-order valence-electron chi connectivity index (χ4n) is 2.62. The van der Waals surface area contributed by atoms with Crippen molar-refractivity contribution in [1.29, 1.82) is 0 Å². The normalized spacial score (nSPS) is 12.3. The molecule has 0 aliphatic carbocycles. The molecule has 7 heteroatoms. The first-order valence-corrected chi connectivity index (χ1v) is 8.55. The lowest BCUT2D eigenvalue weighted by molar-refractivity contribution is -0.138. The van der Waals surface area contributed by atoms with E-state index < -0.39 is 5.97 Å². The molecule has 0 amide bonds. The Kier molecular flexibility index (Phi) is 5.76. The second-order valence-electron chi connectivity index (χ2n) is 5.81. The summed E-state index contributed by atoms with van der Waals surface area (Å²) in [6.07, 6.45) is 2.95. The Bertz CT molecular complexity index is 891. The lowest BCUT2D eigenvalue weighted by atomic mass is 10.1. The Balaban J connectivity index is 1.65. The van der Waals surface area contributed by atoms with E-state index in [0.29, 0.717) is 33.6 Å². The molecule has 2 aromatic carbocycles. The molecule has 0 spiro atoms. The third kappa shape index (κ3) is 4.28. The van der Waals surface area contributed by atoms with Crippen LogP contribution in [0.4, 0.5) is 0 Å². The fraction of sp³-hybridized carbons (Fsp3) is 0.250. The second kappa shape index (κ2) is 8.22. The first-order valence-electron chi connectivity index (χ1n) is 8.17. The zero-order valence-electron chi connectivity index (χ0n) is 15.2. The Hall–Kier alpha value is -2.86. The summed E-state index contributed by atoms with van der Waals surface area (Å²) < 4.78 is 26.4. The first kappa shape index (κ1) is 18.9. The summed E-state index contributed by atoms with van der Waals surface area (Å²) in [5.41, 5.74) is 2.48. The van der Waals surface area contributed by atoms with Gasteiger partial charge in [-0.05, 0) is 54.0 Å². The van der Waals surface area contributed by atoms with Crippen LogP contribution in [0.3, 0.4) is 0 Å². The van der Waals surface area contributed by atoms with Crippen LogP contribution in [0, 0.1) is 6.92 Å². The van der Waals surface area contributed by atoms with E-state index in [1.807, 2.05) is 13.0 Å². The van der Waals surface area contributed by atoms with Crippen molar-refractivity contribution in [1.82, 2.24) is 0 Å². The van der Waals surface area contributed by atoms with E-state index in [1.165, 1.54) is 6.08 Å². The Labute approximate surface area is 162 Å². The lowest BCUT2D eigenvalue weighted by Crippen LogP contribution is -2.03. The summed E-state index contributed by atoms with van der Waals surface area (Å²) in [6.45, 7) is 2.17. The van der Waals surface area contributed by atoms with E-state index in [-0.39, 0.29) is 13.4 Å². The van der Waals surface area contributed by atoms with Crippen LogP contribution >= 0.6 is 11.6 Å². The molecule has 0 N–H and O–H groups in total. The molecular weight excluding hydrogens is 372 g/mol. The van der Waals surface area contributed by atoms with Crippen molar-refractivity contribution in [2.24, 2.45) is 0 Å². The fourth-order valence-corrected chi connectivity index (χ4v) is 2.90. The van der Waals surface area contributed by atoms with Crippen LogP contribution < -0.4 is 18.9 Å². The molecule has 0 aromatic heterocycles. The Morgan fingerprint density at radius 3 is 2.63 bits per heavy atom. The lowest BCUT2D eigenvalue weighted by Gasteiger charge is -2.12. The third-order valence-electron chi connectivity index (χ3n) is 4.07. The zero-order chi connectivity index (χ0) is 19.4. The Morgan fingerprint density at radius 1 is 1.15 bits per heavy atom. The highest BCUT2D eigenvalue weighted by molar-refractivity contribution is 6.32. The highest BCUT2D eigenvalue weighted by Crippen LogP contribution is 2.40. The monoisotopic (exact) mass is 390 g/mol. The minimum absolute atomic E-state index is 0.122. The number of esters is 1. The number of methoxy groups -OCH3 is 2. The number of hydrogen-bond donors (Lipinski definition) is 0. The quantitative estimate of drug-likeness (QED) is 0.545. The number of aryl methyl sites for hydroxylation is 1. The molecule has 0 saturated heterocycles. The highest BCUT2D eigenvalue weighted by atomic mass is 35.5. The molecule has 142 valence electrons. The van der Waals surface area contributed by atoms with E-state index in [4.69, 9.17) is 35.3 Å². The third-order valence-corrected chi connectivity index (χ3v) is 4.35. The predicted octanol–water partition coefficient (Wildman–Crippen LogP) is 4.15. The molecule has 1 aliphatic rings. The van der Waals surface area contributed by atoms with Crippen molar-refractivity contribution in [2.45, 2.75) is 13.5 Å². The Morgan fingerprint density at radius 2 is 1.89 bits per heavy atom. The smallest absolute Gasteiger partial charge is 0.331 e. The molecule has 1 heterocycles. The van der Waals surface area contributed by atoms with Gasteiger partial charge in [0.2, 0.25) is 6.79 Å². The summed E-state index contributed by atoms with van der Waals surface area (Å²) in [5.74, 6) is 1.80. The molecule has 0 saturated carbocycles. The molecule has 3 rings (SSSR count). The number of hydrogen-bond acceptors (Lipinski definition) is 6. The summed E-state index contributed by atoms with van der Waals surface area (Å²) in [5, 5.41) is 0.430. The van der Waals surface area contributed by atoms with Gasteiger partial charge in [0, 0.05) is 6.08 Å². The average molecular weight is 391 g/mol. The van der Waals surface area contributed by atoms with E-state index in [0.717, 1.165) is 11.1 Å². The van der Waals surface area contributed by atoms with Crippen molar-refractivity contribution in [3.8, 4) is 23.0 Å². The molecule has 27 heavy (non-hydrogen) atoms. The van der Waals surface area contributed by atoms with Crippen molar-refractivity contribution in [2.75, 3.05) is 21.0 Å². The van der Waals surface area contributed by atoms with Gasteiger partial charge >= 0.3 is 5.97 Å². The van der Waals surface area contributed by atoms with Gasteiger partial charge in [-0.15, -0.1) is 0 Å². The van der Waals surface area contributed by atoms with E-state index in [1.54, 1.807) is 38.5 Å². The molecule has 0 unspecified atom stereocenters. The summed E-state index contributed by atoms with van der Waals surface area (Å²) in [4.78, 5) is 12.0. The maximum absolute atomic E-state index is 12.0. The van der Waals surface area contributed by atoms with Crippen molar-refractivity contribution in [3.63, 3.8) is 0 Å². The van der Waals surface area contributed by atoms with Crippen LogP contribution in [-0.2, 0) is 16.1 Å². The van der Waals surface area contributed by atoms with Gasteiger partial charge in [-0.3, -0.25) is 0 Å².